The predicted octanol–water partition coefficient (Wildman–Crippen LogP) is 3.48. The number of aromatic nitrogens is 2. The van der Waals surface area contributed by atoms with Crippen LogP contribution in [0.2, 0.25) is 0 Å². The van der Waals surface area contributed by atoms with Crippen LogP contribution >= 0.6 is 0 Å². The lowest BCUT2D eigenvalue weighted by Gasteiger charge is -2.26. The molecule has 0 saturated carbocycles. The van der Waals surface area contributed by atoms with Crippen molar-refractivity contribution in [3.05, 3.63) is 24.0 Å². The number of hydrogen-bond acceptors (Lipinski definition) is 5. The first-order chi connectivity index (χ1) is 15.0. The number of morpholine rings is 1. The minimum absolute atomic E-state index is 0.325. The van der Waals surface area contributed by atoms with Crippen LogP contribution in [0.1, 0.15) is 51.8 Å². The molecule has 0 amide bonds. The molecule has 7 nitrogen and oxygen atoms in total. The van der Waals surface area contributed by atoms with Gasteiger partial charge in [0.1, 0.15) is 5.82 Å². The van der Waals surface area contributed by atoms with E-state index >= 15 is 0 Å². The maximum Gasteiger partial charge on any atom is 0.243 e. The lowest BCUT2D eigenvalue weighted by molar-refractivity contribution is 0.0730. The van der Waals surface area contributed by atoms with Crippen molar-refractivity contribution >= 4 is 21.1 Å². The first-order valence-electron chi connectivity index (χ1n) is 11.8. The molecule has 0 N–H and O–H groups in total. The topological polar surface area (TPSA) is 67.7 Å². The molecule has 4 rings (SSSR count). The van der Waals surface area contributed by atoms with Gasteiger partial charge in [-0.2, -0.15) is 4.31 Å². The minimum atomic E-state index is -3.51. The third kappa shape index (κ3) is 4.97. The Balaban J connectivity index is 1.56. The van der Waals surface area contributed by atoms with Crippen molar-refractivity contribution < 1.29 is 13.2 Å². The Kier molecular flexibility index (Phi) is 7.31. The molecule has 8 heteroatoms. The summed E-state index contributed by atoms with van der Waals surface area (Å²) in [6.45, 7) is 10.0. The summed E-state index contributed by atoms with van der Waals surface area (Å²) in [6, 6.07) is 5.39. The van der Waals surface area contributed by atoms with Crippen LogP contribution < -0.4 is 0 Å². The van der Waals surface area contributed by atoms with E-state index in [9.17, 15) is 8.42 Å². The van der Waals surface area contributed by atoms with Gasteiger partial charge < -0.3 is 9.30 Å². The van der Waals surface area contributed by atoms with Crippen molar-refractivity contribution in [2.45, 2.75) is 63.9 Å². The van der Waals surface area contributed by atoms with Crippen LogP contribution in [0.4, 0.5) is 0 Å². The van der Waals surface area contributed by atoms with E-state index in [2.05, 4.69) is 23.3 Å². The van der Waals surface area contributed by atoms with Gasteiger partial charge in [0.25, 0.3) is 0 Å². The second-order valence-electron chi connectivity index (χ2n) is 8.80. The van der Waals surface area contributed by atoms with Gasteiger partial charge in [0.05, 0.1) is 35.7 Å². The molecule has 3 heterocycles. The molecule has 2 saturated heterocycles. The van der Waals surface area contributed by atoms with E-state index < -0.39 is 10.0 Å². The Hall–Kier alpha value is -1.48. The molecule has 2 aromatic rings. The van der Waals surface area contributed by atoms with E-state index in [1.54, 1.807) is 12.1 Å². The predicted molar refractivity (Wildman–Crippen MR) is 123 cm³/mol. The van der Waals surface area contributed by atoms with Gasteiger partial charge in [0.15, 0.2) is 0 Å². The molecular formula is C23H36N4O3S. The van der Waals surface area contributed by atoms with E-state index in [-0.39, 0.29) is 0 Å². The fourth-order valence-electron chi connectivity index (χ4n) is 5.01. The number of rotatable bonds is 7. The maximum absolute atomic E-state index is 13.1. The second kappa shape index (κ2) is 9.98. The van der Waals surface area contributed by atoms with Crippen LogP contribution in [0.25, 0.3) is 11.0 Å². The number of aryl methyl sites for hydroxylation is 1. The molecule has 1 aromatic heterocycles. The zero-order valence-electron chi connectivity index (χ0n) is 18.9. The fraction of sp³-hybridized carbons (Fsp3) is 0.696. The average Bonchev–Trinajstić information content (AvgIpc) is 2.98. The van der Waals surface area contributed by atoms with Gasteiger partial charge in [0.2, 0.25) is 10.0 Å². The molecule has 31 heavy (non-hydrogen) atoms. The molecule has 2 fully saturated rings. The highest BCUT2D eigenvalue weighted by Crippen LogP contribution is 2.26. The monoisotopic (exact) mass is 448 g/mol. The summed E-state index contributed by atoms with van der Waals surface area (Å²) < 4.78 is 35.2. The van der Waals surface area contributed by atoms with Crippen LogP contribution in [0, 0.1) is 5.92 Å². The molecule has 0 radical (unpaired) electrons. The van der Waals surface area contributed by atoms with Gasteiger partial charge >= 0.3 is 0 Å². The number of ether oxygens (including phenoxy) is 1. The highest BCUT2D eigenvalue weighted by Gasteiger charge is 2.27. The fourth-order valence-corrected chi connectivity index (χ4v) is 6.44. The van der Waals surface area contributed by atoms with Crippen LogP contribution in [0.15, 0.2) is 23.1 Å². The first-order valence-corrected chi connectivity index (χ1v) is 13.3. The van der Waals surface area contributed by atoms with Gasteiger partial charge in [-0.25, -0.2) is 13.4 Å². The molecule has 1 atom stereocenters. The molecule has 1 aromatic carbocycles. The van der Waals surface area contributed by atoms with E-state index in [4.69, 9.17) is 9.72 Å². The number of benzene rings is 1. The summed E-state index contributed by atoms with van der Waals surface area (Å²) in [5, 5.41) is 0. The van der Waals surface area contributed by atoms with Crippen LogP contribution in [0.5, 0.6) is 0 Å². The van der Waals surface area contributed by atoms with E-state index in [1.807, 2.05) is 6.07 Å². The highest BCUT2D eigenvalue weighted by atomic mass is 32.2. The third-order valence-corrected chi connectivity index (χ3v) is 8.62. The first kappa shape index (κ1) is 22.7. The summed E-state index contributed by atoms with van der Waals surface area (Å²) in [4.78, 5) is 7.74. The van der Waals surface area contributed by atoms with Crippen molar-refractivity contribution in [3.63, 3.8) is 0 Å². The Bertz CT molecular complexity index is 982. The van der Waals surface area contributed by atoms with E-state index in [1.165, 1.54) is 36.4 Å². The van der Waals surface area contributed by atoms with E-state index in [0.29, 0.717) is 31.2 Å². The maximum atomic E-state index is 13.1. The van der Waals surface area contributed by atoms with Gasteiger partial charge in [0, 0.05) is 19.6 Å². The summed E-state index contributed by atoms with van der Waals surface area (Å²) in [5.74, 6) is 1.89. The zero-order chi connectivity index (χ0) is 21.8. The number of hydrogen-bond donors (Lipinski definition) is 0. The molecule has 2 aliphatic rings. The lowest BCUT2D eigenvalue weighted by atomic mass is 9.96. The van der Waals surface area contributed by atoms with Gasteiger partial charge in [-0.05, 0) is 63.4 Å². The van der Waals surface area contributed by atoms with Crippen molar-refractivity contribution in [3.8, 4) is 0 Å². The summed E-state index contributed by atoms with van der Waals surface area (Å²) >= 11 is 0. The molecule has 1 unspecified atom stereocenters. The summed E-state index contributed by atoms with van der Waals surface area (Å²) in [7, 11) is -3.51. The smallest absolute Gasteiger partial charge is 0.243 e. The molecule has 0 bridgehead atoms. The molecule has 2 aliphatic heterocycles. The van der Waals surface area contributed by atoms with E-state index in [0.717, 1.165) is 49.0 Å². The number of fused-ring (bicyclic) bond motifs is 1. The van der Waals surface area contributed by atoms with Crippen molar-refractivity contribution in [2.24, 2.45) is 5.92 Å². The molecule has 0 spiro atoms. The second-order valence-corrected chi connectivity index (χ2v) is 10.7. The summed E-state index contributed by atoms with van der Waals surface area (Å²) in [5.41, 5.74) is 1.78. The number of nitrogens with zero attached hydrogens (tertiary/aromatic N) is 4. The minimum Gasteiger partial charge on any atom is -0.379 e. The van der Waals surface area contributed by atoms with Crippen molar-refractivity contribution in [1.29, 1.82) is 0 Å². The Morgan fingerprint density at radius 3 is 2.65 bits per heavy atom. The van der Waals surface area contributed by atoms with Gasteiger partial charge in [-0.15, -0.1) is 0 Å². The quantitative estimate of drug-likeness (QED) is 0.649. The Morgan fingerprint density at radius 1 is 1.10 bits per heavy atom. The molecule has 0 aliphatic carbocycles. The van der Waals surface area contributed by atoms with Crippen molar-refractivity contribution in [2.75, 3.05) is 39.4 Å². The Morgan fingerprint density at radius 2 is 1.90 bits per heavy atom. The number of imidazole rings is 1. The van der Waals surface area contributed by atoms with Gasteiger partial charge in [-0.3, -0.25) is 4.90 Å². The normalized spacial score (nSPS) is 22.1. The average molecular weight is 449 g/mol. The standard InChI is InChI=1S/C23H36N4O3S/c1-3-6-19-7-5-11-25(12-10-19)18-23-24-21-17-20(8-9-22(21)27(23)4-2)31(28,29)26-13-15-30-16-14-26/h8-9,17,19H,3-7,10-16,18H2,1-2H3. The van der Waals surface area contributed by atoms with Crippen molar-refractivity contribution in [1.82, 2.24) is 18.8 Å². The number of sulfonamides is 1. The SMILES string of the molecule is CCCC1CCCN(Cc2nc3cc(S(=O)(=O)N4CCOCC4)ccc3n2CC)CC1. The third-order valence-electron chi connectivity index (χ3n) is 6.73. The summed E-state index contributed by atoms with van der Waals surface area (Å²) in [6.07, 6.45) is 6.45. The van der Waals surface area contributed by atoms with Crippen LogP contribution in [0.3, 0.4) is 0 Å². The van der Waals surface area contributed by atoms with Crippen LogP contribution in [-0.4, -0.2) is 66.6 Å². The number of likely N-dealkylation sites (tertiary alicyclic amines) is 1. The molecule has 172 valence electrons. The lowest BCUT2D eigenvalue weighted by Crippen LogP contribution is -2.40. The highest BCUT2D eigenvalue weighted by molar-refractivity contribution is 7.89. The van der Waals surface area contributed by atoms with Crippen LogP contribution in [-0.2, 0) is 27.8 Å². The molecular weight excluding hydrogens is 412 g/mol. The zero-order valence-corrected chi connectivity index (χ0v) is 19.7. The Labute approximate surface area is 186 Å². The van der Waals surface area contributed by atoms with Gasteiger partial charge in [-0.1, -0.05) is 19.8 Å². The largest absolute Gasteiger partial charge is 0.379 e.